The quantitative estimate of drug-likeness (QED) is 0.938. The summed E-state index contributed by atoms with van der Waals surface area (Å²) in [6.07, 6.45) is 0. The van der Waals surface area contributed by atoms with Crippen LogP contribution < -0.4 is 10.2 Å². The normalized spacial score (nSPS) is 18.6. The Morgan fingerprint density at radius 1 is 1.24 bits per heavy atom. The third kappa shape index (κ3) is 2.97. The molecule has 1 aromatic heterocycles. The highest BCUT2D eigenvalue weighted by Gasteiger charge is 2.21. The van der Waals surface area contributed by atoms with Gasteiger partial charge in [0.25, 0.3) is 0 Å². The Hall–Kier alpha value is -2.14. The molecule has 0 amide bonds. The monoisotopic (exact) mass is 284 g/mol. The third-order valence-corrected chi connectivity index (χ3v) is 3.66. The van der Waals surface area contributed by atoms with Crippen molar-refractivity contribution in [3.8, 4) is 11.4 Å². The van der Waals surface area contributed by atoms with E-state index in [1.165, 1.54) is 0 Å². The zero-order chi connectivity index (χ0) is 14.7. The molecule has 1 saturated heterocycles. The molecule has 0 saturated carbocycles. The fraction of sp³-hybridized carbons (Fsp3) is 0.375. The minimum atomic E-state index is 0.321. The number of aromatic nitrogens is 2. The minimum Gasteiger partial charge on any atom is -0.377 e. The lowest BCUT2D eigenvalue weighted by atomic mass is 10.2. The molecule has 1 aliphatic heterocycles. The van der Waals surface area contributed by atoms with Gasteiger partial charge in [0.1, 0.15) is 11.6 Å². The minimum absolute atomic E-state index is 0.321. The number of hydrogen-bond donors (Lipinski definition) is 1. The molecule has 2 aromatic rings. The van der Waals surface area contributed by atoms with Crippen molar-refractivity contribution >= 4 is 11.6 Å². The Labute approximate surface area is 125 Å². The standard InChI is InChI=1S/C16H20N4O/c1-12-11-21-9-8-20(12)15-10-14(17-2)18-16(19-15)13-6-4-3-5-7-13/h3-7,10,12H,8-9,11H2,1-2H3,(H,17,18,19). The summed E-state index contributed by atoms with van der Waals surface area (Å²) < 4.78 is 5.50. The lowest BCUT2D eigenvalue weighted by Crippen LogP contribution is -2.44. The smallest absolute Gasteiger partial charge is 0.163 e. The molecule has 1 aliphatic rings. The first kappa shape index (κ1) is 13.8. The van der Waals surface area contributed by atoms with Crippen LogP contribution in [0.4, 0.5) is 11.6 Å². The maximum absolute atomic E-state index is 5.50. The van der Waals surface area contributed by atoms with Gasteiger partial charge >= 0.3 is 0 Å². The highest BCUT2D eigenvalue weighted by atomic mass is 16.5. The Kier molecular flexibility index (Phi) is 4.01. The van der Waals surface area contributed by atoms with Crippen molar-refractivity contribution in [1.82, 2.24) is 9.97 Å². The summed E-state index contributed by atoms with van der Waals surface area (Å²) in [4.78, 5) is 11.6. The molecule has 1 aromatic carbocycles. The zero-order valence-corrected chi connectivity index (χ0v) is 12.4. The van der Waals surface area contributed by atoms with Crippen LogP contribution in [0.25, 0.3) is 11.4 Å². The molecule has 21 heavy (non-hydrogen) atoms. The second-order valence-corrected chi connectivity index (χ2v) is 5.17. The highest BCUT2D eigenvalue weighted by Crippen LogP contribution is 2.24. The van der Waals surface area contributed by atoms with Crippen molar-refractivity contribution < 1.29 is 4.74 Å². The van der Waals surface area contributed by atoms with E-state index >= 15 is 0 Å². The lowest BCUT2D eigenvalue weighted by Gasteiger charge is -2.34. The second-order valence-electron chi connectivity index (χ2n) is 5.17. The summed E-state index contributed by atoms with van der Waals surface area (Å²) in [7, 11) is 1.88. The number of anilines is 2. The Balaban J connectivity index is 2.01. The number of hydrogen-bond acceptors (Lipinski definition) is 5. The van der Waals surface area contributed by atoms with Gasteiger partial charge in [-0.2, -0.15) is 0 Å². The SMILES string of the molecule is CNc1cc(N2CCOCC2C)nc(-c2ccccc2)n1. The second kappa shape index (κ2) is 6.10. The van der Waals surface area contributed by atoms with Crippen molar-refractivity contribution in [2.75, 3.05) is 37.0 Å². The first-order chi connectivity index (χ1) is 10.3. The molecule has 1 N–H and O–H groups in total. The largest absolute Gasteiger partial charge is 0.377 e. The predicted molar refractivity (Wildman–Crippen MR) is 84.6 cm³/mol. The Morgan fingerprint density at radius 2 is 2.05 bits per heavy atom. The van der Waals surface area contributed by atoms with Crippen molar-refractivity contribution in [2.45, 2.75) is 13.0 Å². The Bertz CT molecular complexity index is 602. The molecule has 0 spiro atoms. The summed E-state index contributed by atoms with van der Waals surface area (Å²) in [5.74, 6) is 2.53. The molecular formula is C16H20N4O. The number of rotatable bonds is 3. The van der Waals surface area contributed by atoms with Crippen molar-refractivity contribution in [3.05, 3.63) is 36.4 Å². The van der Waals surface area contributed by atoms with Crippen LogP contribution in [0.5, 0.6) is 0 Å². The molecule has 0 radical (unpaired) electrons. The molecule has 110 valence electrons. The van der Waals surface area contributed by atoms with Crippen molar-refractivity contribution in [1.29, 1.82) is 0 Å². The lowest BCUT2D eigenvalue weighted by molar-refractivity contribution is 0.0985. The molecular weight excluding hydrogens is 264 g/mol. The van der Waals surface area contributed by atoms with E-state index in [0.29, 0.717) is 6.04 Å². The van der Waals surface area contributed by atoms with E-state index in [1.807, 2.05) is 43.4 Å². The fourth-order valence-electron chi connectivity index (χ4n) is 2.49. The van der Waals surface area contributed by atoms with Crippen molar-refractivity contribution in [3.63, 3.8) is 0 Å². The van der Waals surface area contributed by atoms with Crippen LogP contribution in [-0.2, 0) is 4.74 Å². The van der Waals surface area contributed by atoms with Gasteiger partial charge in [-0.1, -0.05) is 30.3 Å². The summed E-state index contributed by atoms with van der Waals surface area (Å²) in [6, 6.07) is 12.4. The summed E-state index contributed by atoms with van der Waals surface area (Å²) in [5.41, 5.74) is 1.02. The van der Waals surface area contributed by atoms with Gasteiger partial charge in [0.15, 0.2) is 5.82 Å². The maximum Gasteiger partial charge on any atom is 0.163 e. The van der Waals surface area contributed by atoms with Gasteiger partial charge in [-0.15, -0.1) is 0 Å². The first-order valence-corrected chi connectivity index (χ1v) is 7.24. The number of nitrogens with one attached hydrogen (secondary N) is 1. The van der Waals surface area contributed by atoms with E-state index in [9.17, 15) is 0 Å². The third-order valence-electron chi connectivity index (χ3n) is 3.66. The van der Waals surface area contributed by atoms with Gasteiger partial charge in [0.2, 0.25) is 0 Å². The molecule has 5 nitrogen and oxygen atoms in total. The number of nitrogens with zero attached hydrogens (tertiary/aromatic N) is 3. The molecule has 1 atom stereocenters. The van der Waals surface area contributed by atoms with Gasteiger partial charge in [-0.05, 0) is 6.92 Å². The van der Waals surface area contributed by atoms with E-state index < -0.39 is 0 Å². The van der Waals surface area contributed by atoms with Crippen LogP contribution in [-0.4, -0.2) is 42.8 Å². The zero-order valence-electron chi connectivity index (χ0n) is 12.4. The summed E-state index contributed by atoms with van der Waals surface area (Å²) in [6.45, 7) is 4.49. The van der Waals surface area contributed by atoms with E-state index in [0.717, 1.165) is 42.8 Å². The van der Waals surface area contributed by atoms with Crippen LogP contribution in [0.3, 0.4) is 0 Å². The number of ether oxygens (including phenoxy) is 1. The maximum atomic E-state index is 5.50. The van der Waals surface area contributed by atoms with Crippen LogP contribution >= 0.6 is 0 Å². The average molecular weight is 284 g/mol. The average Bonchev–Trinajstić information content (AvgIpc) is 2.55. The molecule has 5 heteroatoms. The number of benzene rings is 1. The summed E-state index contributed by atoms with van der Waals surface area (Å²) in [5, 5.41) is 3.12. The van der Waals surface area contributed by atoms with E-state index in [2.05, 4.69) is 22.1 Å². The Morgan fingerprint density at radius 3 is 2.76 bits per heavy atom. The van der Waals surface area contributed by atoms with Gasteiger partial charge in [0.05, 0.1) is 19.3 Å². The van der Waals surface area contributed by atoms with Crippen molar-refractivity contribution in [2.24, 2.45) is 0 Å². The molecule has 1 unspecified atom stereocenters. The summed E-state index contributed by atoms with van der Waals surface area (Å²) >= 11 is 0. The predicted octanol–water partition coefficient (Wildman–Crippen LogP) is 2.41. The van der Waals surface area contributed by atoms with Crippen LogP contribution in [0, 0.1) is 0 Å². The van der Waals surface area contributed by atoms with Gasteiger partial charge < -0.3 is 15.0 Å². The van der Waals surface area contributed by atoms with E-state index in [-0.39, 0.29) is 0 Å². The van der Waals surface area contributed by atoms with Gasteiger partial charge in [0, 0.05) is 25.2 Å². The van der Waals surface area contributed by atoms with E-state index in [4.69, 9.17) is 9.72 Å². The van der Waals surface area contributed by atoms with E-state index in [1.54, 1.807) is 0 Å². The van der Waals surface area contributed by atoms with Gasteiger partial charge in [-0.3, -0.25) is 0 Å². The van der Waals surface area contributed by atoms with Crippen LogP contribution in [0.2, 0.25) is 0 Å². The number of morpholine rings is 1. The van der Waals surface area contributed by atoms with Gasteiger partial charge in [-0.25, -0.2) is 9.97 Å². The molecule has 3 rings (SSSR count). The first-order valence-electron chi connectivity index (χ1n) is 7.24. The molecule has 2 heterocycles. The molecule has 0 bridgehead atoms. The highest BCUT2D eigenvalue weighted by molar-refractivity contribution is 5.61. The van der Waals surface area contributed by atoms with Crippen LogP contribution in [0.1, 0.15) is 6.92 Å². The fourth-order valence-corrected chi connectivity index (χ4v) is 2.49. The van der Waals surface area contributed by atoms with Crippen LogP contribution in [0.15, 0.2) is 36.4 Å². The molecule has 0 aliphatic carbocycles. The molecule has 1 fully saturated rings. The topological polar surface area (TPSA) is 50.3 Å².